The second-order valence-electron chi connectivity index (χ2n) is 6.47. The third-order valence-corrected chi connectivity index (χ3v) is 4.65. The largest absolute Gasteiger partial charge is 0.494 e. The van der Waals surface area contributed by atoms with Crippen molar-refractivity contribution in [1.82, 2.24) is 10.6 Å². The van der Waals surface area contributed by atoms with E-state index < -0.39 is 0 Å². The van der Waals surface area contributed by atoms with Crippen molar-refractivity contribution in [3.8, 4) is 5.75 Å². The molecule has 1 aliphatic rings. The molecule has 0 unspecified atom stereocenters. The topological polar surface area (TPSA) is 54.9 Å². The minimum Gasteiger partial charge on any atom is -0.494 e. The second kappa shape index (κ2) is 10.3. The zero-order valence-electron chi connectivity index (χ0n) is 15.9. The van der Waals surface area contributed by atoms with Crippen LogP contribution in [0.15, 0.2) is 29.3 Å². The lowest BCUT2D eigenvalue weighted by molar-refractivity contribution is 0.0531. The fourth-order valence-electron chi connectivity index (χ4n) is 3.19. The van der Waals surface area contributed by atoms with Crippen LogP contribution in [0.2, 0.25) is 0 Å². The average Bonchev–Trinajstić information content (AvgIpc) is 2.65. The first kappa shape index (κ1) is 19.6. The number of aliphatic imine (C=N–C) groups is 1. The maximum absolute atomic E-state index is 5.62. The lowest BCUT2D eigenvalue weighted by Crippen LogP contribution is -2.41. The first-order valence-electron chi connectivity index (χ1n) is 9.57. The highest BCUT2D eigenvalue weighted by Gasteiger charge is 2.34. The molecular weight excluding hydrogens is 314 g/mol. The molecule has 1 aromatic rings. The Morgan fingerprint density at radius 1 is 1.12 bits per heavy atom. The summed E-state index contributed by atoms with van der Waals surface area (Å²) in [5.74, 6) is 1.83. The van der Waals surface area contributed by atoms with Gasteiger partial charge in [0.1, 0.15) is 5.75 Å². The molecule has 1 saturated heterocycles. The van der Waals surface area contributed by atoms with Gasteiger partial charge in [0.05, 0.1) is 13.2 Å². The number of hydrogen-bond acceptors (Lipinski definition) is 3. The fourth-order valence-corrected chi connectivity index (χ4v) is 3.19. The van der Waals surface area contributed by atoms with Crippen LogP contribution in [0.4, 0.5) is 0 Å². The number of guanidine groups is 1. The predicted molar refractivity (Wildman–Crippen MR) is 104 cm³/mol. The van der Waals surface area contributed by atoms with Crippen LogP contribution in [0.1, 0.15) is 45.6 Å². The third-order valence-electron chi connectivity index (χ3n) is 4.65. The van der Waals surface area contributed by atoms with Crippen LogP contribution in [0.3, 0.4) is 0 Å². The summed E-state index contributed by atoms with van der Waals surface area (Å²) >= 11 is 0. The molecule has 0 saturated carbocycles. The van der Waals surface area contributed by atoms with Crippen molar-refractivity contribution >= 4 is 5.96 Å². The number of ether oxygens (including phenoxy) is 2. The highest BCUT2D eigenvalue weighted by atomic mass is 16.5. The van der Waals surface area contributed by atoms with E-state index in [1.807, 2.05) is 6.92 Å². The van der Waals surface area contributed by atoms with E-state index in [0.717, 1.165) is 63.8 Å². The first-order chi connectivity index (χ1) is 12.2. The van der Waals surface area contributed by atoms with Crippen molar-refractivity contribution in [2.24, 2.45) is 4.99 Å². The summed E-state index contributed by atoms with van der Waals surface area (Å²) in [4.78, 5) is 4.89. The zero-order chi connectivity index (χ0) is 18.0. The minimum absolute atomic E-state index is 0.0392. The van der Waals surface area contributed by atoms with Crippen molar-refractivity contribution in [1.29, 1.82) is 0 Å². The molecule has 140 valence electrons. The van der Waals surface area contributed by atoms with Crippen LogP contribution >= 0.6 is 0 Å². The Bertz CT molecular complexity index is 522. The van der Waals surface area contributed by atoms with Crippen LogP contribution in [0.5, 0.6) is 5.75 Å². The van der Waals surface area contributed by atoms with Gasteiger partial charge in [-0.05, 0) is 50.8 Å². The lowest BCUT2D eigenvalue weighted by Gasteiger charge is -2.36. The van der Waals surface area contributed by atoms with Gasteiger partial charge in [0.25, 0.3) is 0 Å². The molecule has 0 bridgehead atoms. The lowest BCUT2D eigenvalue weighted by atomic mass is 9.74. The van der Waals surface area contributed by atoms with Crippen LogP contribution in [0.25, 0.3) is 0 Å². The Labute approximate surface area is 152 Å². The third kappa shape index (κ3) is 5.63. The molecule has 25 heavy (non-hydrogen) atoms. The van der Waals surface area contributed by atoms with Gasteiger partial charge in [0.15, 0.2) is 5.96 Å². The van der Waals surface area contributed by atoms with Gasteiger partial charge >= 0.3 is 0 Å². The number of hydrogen-bond donors (Lipinski definition) is 2. The Morgan fingerprint density at radius 3 is 2.44 bits per heavy atom. The number of benzene rings is 1. The molecule has 0 radical (unpaired) electrons. The minimum atomic E-state index is 0.0392. The van der Waals surface area contributed by atoms with Gasteiger partial charge in [0.2, 0.25) is 0 Å². The van der Waals surface area contributed by atoms with E-state index in [-0.39, 0.29) is 5.41 Å². The highest BCUT2D eigenvalue weighted by Crippen LogP contribution is 2.36. The van der Waals surface area contributed by atoms with E-state index in [9.17, 15) is 0 Å². The molecule has 0 spiro atoms. The van der Waals surface area contributed by atoms with Gasteiger partial charge in [-0.3, -0.25) is 4.99 Å². The van der Waals surface area contributed by atoms with Crippen molar-refractivity contribution < 1.29 is 9.47 Å². The molecule has 1 heterocycles. The van der Waals surface area contributed by atoms with Crippen molar-refractivity contribution in [3.05, 3.63) is 29.8 Å². The Kier molecular flexibility index (Phi) is 8.06. The fraction of sp³-hybridized carbons (Fsp3) is 0.650. The maximum Gasteiger partial charge on any atom is 0.191 e. The Morgan fingerprint density at radius 2 is 1.84 bits per heavy atom. The van der Waals surface area contributed by atoms with E-state index in [1.54, 1.807) is 0 Å². The predicted octanol–water partition coefficient (Wildman–Crippen LogP) is 3.10. The summed E-state index contributed by atoms with van der Waals surface area (Å²) in [6.07, 6.45) is 3.08. The van der Waals surface area contributed by atoms with Crippen LogP contribution < -0.4 is 15.4 Å². The van der Waals surface area contributed by atoms with Gasteiger partial charge in [-0.15, -0.1) is 0 Å². The monoisotopic (exact) mass is 347 g/mol. The van der Waals surface area contributed by atoms with E-state index in [1.165, 1.54) is 5.56 Å². The van der Waals surface area contributed by atoms with E-state index in [4.69, 9.17) is 14.5 Å². The maximum atomic E-state index is 5.62. The van der Waals surface area contributed by atoms with Crippen molar-refractivity contribution in [3.63, 3.8) is 0 Å². The van der Waals surface area contributed by atoms with E-state index in [0.29, 0.717) is 6.61 Å². The number of nitrogens with one attached hydrogen (secondary N) is 2. The molecule has 1 aromatic carbocycles. The Hall–Kier alpha value is -1.75. The quantitative estimate of drug-likeness (QED) is 0.560. The van der Waals surface area contributed by atoms with Crippen molar-refractivity contribution in [2.45, 2.75) is 45.4 Å². The molecular formula is C20H33N3O2. The second-order valence-corrected chi connectivity index (χ2v) is 6.47. The molecule has 0 amide bonds. The molecule has 1 fully saturated rings. The summed E-state index contributed by atoms with van der Waals surface area (Å²) < 4.78 is 11.2. The van der Waals surface area contributed by atoms with E-state index in [2.05, 4.69) is 48.7 Å². The van der Waals surface area contributed by atoms with Gasteiger partial charge in [-0.25, -0.2) is 0 Å². The zero-order valence-corrected chi connectivity index (χ0v) is 15.9. The van der Waals surface area contributed by atoms with E-state index >= 15 is 0 Å². The smallest absolute Gasteiger partial charge is 0.191 e. The summed E-state index contributed by atoms with van der Waals surface area (Å²) in [7, 11) is 0. The first-order valence-corrected chi connectivity index (χ1v) is 9.57. The Balaban J connectivity index is 2.18. The molecule has 5 nitrogen and oxygen atoms in total. The molecule has 0 atom stereocenters. The molecule has 0 aliphatic carbocycles. The molecule has 2 rings (SSSR count). The van der Waals surface area contributed by atoms with Gasteiger partial charge in [-0.2, -0.15) is 0 Å². The molecule has 1 aliphatic heterocycles. The number of rotatable bonds is 8. The van der Waals surface area contributed by atoms with Crippen molar-refractivity contribution in [2.75, 3.05) is 39.5 Å². The summed E-state index contributed by atoms with van der Waals surface area (Å²) in [6, 6.07) is 8.52. The summed E-state index contributed by atoms with van der Waals surface area (Å²) in [6.45, 7) is 11.1. The van der Waals surface area contributed by atoms with Gasteiger partial charge < -0.3 is 20.1 Å². The molecule has 5 heteroatoms. The molecule has 2 N–H and O–H groups in total. The summed E-state index contributed by atoms with van der Waals surface area (Å²) in [5, 5.41) is 6.73. The van der Waals surface area contributed by atoms with Gasteiger partial charge in [0, 0.05) is 31.7 Å². The van der Waals surface area contributed by atoms with Crippen LogP contribution in [0, 0.1) is 0 Å². The van der Waals surface area contributed by atoms with Gasteiger partial charge in [-0.1, -0.05) is 19.1 Å². The SMILES string of the molecule is CCCNC(=NCC1(c2ccc(OCC)cc2)CCOCC1)NCC. The molecule has 0 aromatic heterocycles. The van der Waals surface area contributed by atoms with Crippen LogP contribution in [-0.2, 0) is 10.2 Å². The average molecular weight is 348 g/mol. The van der Waals surface area contributed by atoms with Crippen LogP contribution in [-0.4, -0.2) is 45.4 Å². The summed E-state index contributed by atoms with van der Waals surface area (Å²) in [5.41, 5.74) is 1.37. The number of nitrogens with zero attached hydrogens (tertiary/aromatic N) is 1. The normalized spacial score (nSPS) is 17.2. The standard InChI is InChI=1S/C20H33N3O2/c1-4-13-22-19(21-5-2)23-16-20(11-14-24-15-12-20)17-7-9-18(10-8-17)25-6-3/h7-10H,4-6,11-16H2,1-3H3,(H2,21,22,23). The highest BCUT2D eigenvalue weighted by molar-refractivity contribution is 5.79.